The third kappa shape index (κ3) is 4.91. The highest BCUT2D eigenvalue weighted by molar-refractivity contribution is 6.08. The Morgan fingerprint density at radius 2 is 1.84 bits per heavy atom. The Kier molecular flexibility index (Phi) is 6.76. The molecule has 1 aromatic rings. The van der Waals surface area contributed by atoms with Crippen molar-refractivity contribution >= 4 is 11.6 Å². The summed E-state index contributed by atoms with van der Waals surface area (Å²) in [7, 11) is 0. The highest BCUT2D eigenvalue weighted by Crippen LogP contribution is 2.39. The van der Waals surface area contributed by atoms with Gasteiger partial charge in [-0.25, -0.2) is 8.78 Å². The molecule has 0 bridgehead atoms. The molecular formula is C31H33F2N3O. The van der Waals surface area contributed by atoms with E-state index in [1.165, 1.54) is 28.9 Å². The average Bonchev–Trinajstić information content (AvgIpc) is 3.35. The number of carbonyl (C=O) groups is 1. The van der Waals surface area contributed by atoms with Gasteiger partial charge >= 0.3 is 0 Å². The molecule has 0 radical (unpaired) electrons. The molecule has 0 unspecified atom stereocenters. The zero-order valence-electron chi connectivity index (χ0n) is 21.2. The second-order valence-electron chi connectivity index (χ2n) is 10.6. The number of carbonyl (C=O) groups excluding carboxylic acids is 1. The number of benzene rings is 1. The lowest BCUT2D eigenvalue weighted by Gasteiger charge is -2.38. The summed E-state index contributed by atoms with van der Waals surface area (Å²) in [4.78, 5) is 22.5. The molecule has 1 amide bonds. The summed E-state index contributed by atoms with van der Waals surface area (Å²) in [5.41, 5.74) is 7.64. The third-order valence-electron chi connectivity index (χ3n) is 8.47. The molecule has 192 valence electrons. The van der Waals surface area contributed by atoms with E-state index >= 15 is 0 Å². The first-order valence-corrected chi connectivity index (χ1v) is 13.6. The standard InChI is InChI=1S/C31H33F2N3O/c32-24-7-5-23(6-8-24)31(37)36-18-13-21-3-1-2-4-26(21)30(36)14-17-35-15-11-22(12-16-35)28-20-34-29-10-9-25(33)19-27(28)29/h3,5-9,19-20,22H,1-2,4,10-18H2. The number of piperidine rings is 1. The molecule has 1 aromatic carbocycles. The predicted molar refractivity (Wildman–Crippen MR) is 142 cm³/mol. The minimum atomic E-state index is -0.327. The number of nitrogens with zero attached hydrogens (tertiary/aromatic N) is 3. The molecule has 4 nitrogen and oxygen atoms in total. The lowest BCUT2D eigenvalue weighted by atomic mass is 9.83. The van der Waals surface area contributed by atoms with Gasteiger partial charge < -0.3 is 9.80 Å². The molecule has 6 heteroatoms. The Hall–Kier alpha value is -3.12. The SMILES string of the molecule is O=C(c1ccc(F)cc1)N1CCC2=CCCCC2=C1CCN1CCC(C2=CN=C3CC=C(F)C=C23)CC1. The van der Waals surface area contributed by atoms with Crippen LogP contribution < -0.4 is 0 Å². The maximum Gasteiger partial charge on any atom is 0.258 e. The number of hydrogen-bond acceptors (Lipinski definition) is 3. The number of allylic oxidation sites excluding steroid dienone is 7. The summed E-state index contributed by atoms with van der Waals surface area (Å²) in [5.74, 6) is -0.100. The molecule has 37 heavy (non-hydrogen) atoms. The van der Waals surface area contributed by atoms with Crippen molar-refractivity contribution in [3.63, 3.8) is 0 Å². The lowest BCUT2D eigenvalue weighted by molar-refractivity contribution is 0.0789. The van der Waals surface area contributed by atoms with Gasteiger partial charge in [-0.1, -0.05) is 6.08 Å². The maximum absolute atomic E-state index is 13.9. The summed E-state index contributed by atoms with van der Waals surface area (Å²) in [6.07, 6.45) is 15.2. The van der Waals surface area contributed by atoms with Crippen molar-refractivity contribution < 1.29 is 13.6 Å². The molecule has 1 fully saturated rings. The van der Waals surface area contributed by atoms with Gasteiger partial charge in [-0.15, -0.1) is 0 Å². The molecule has 2 aliphatic carbocycles. The Morgan fingerprint density at radius 1 is 1.03 bits per heavy atom. The van der Waals surface area contributed by atoms with Crippen LogP contribution in [0.1, 0.15) is 61.7 Å². The quantitative estimate of drug-likeness (QED) is 0.452. The summed E-state index contributed by atoms with van der Waals surface area (Å²) in [6, 6.07) is 5.91. The van der Waals surface area contributed by atoms with Crippen molar-refractivity contribution in [2.45, 2.75) is 51.4 Å². The second kappa shape index (κ2) is 10.3. The van der Waals surface area contributed by atoms with Crippen LogP contribution in [0.3, 0.4) is 0 Å². The van der Waals surface area contributed by atoms with Crippen molar-refractivity contribution in [3.05, 3.63) is 93.9 Å². The molecule has 1 saturated heterocycles. The molecule has 6 rings (SSSR count). The second-order valence-corrected chi connectivity index (χ2v) is 10.6. The molecule has 3 heterocycles. The maximum atomic E-state index is 13.9. The van der Waals surface area contributed by atoms with E-state index in [0.29, 0.717) is 24.4 Å². The number of amides is 1. The normalized spacial score (nSPS) is 22.5. The number of aliphatic imine (C=N–C) groups is 1. The number of rotatable bonds is 5. The topological polar surface area (TPSA) is 35.9 Å². The van der Waals surface area contributed by atoms with Gasteiger partial charge in [0, 0.05) is 49.0 Å². The first-order valence-electron chi connectivity index (χ1n) is 13.6. The average molecular weight is 502 g/mol. The van der Waals surface area contributed by atoms with Crippen LogP contribution in [0.4, 0.5) is 8.78 Å². The zero-order chi connectivity index (χ0) is 25.4. The molecule has 5 aliphatic rings. The highest BCUT2D eigenvalue weighted by Gasteiger charge is 2.32. The van der Waals surface area contributed by atoms with E-state index in [1.54, 1.807) is 24.3 Å². The predicted octanol–water partition coefficient (Wildman–Crippen LogP) is 6.66. The number of hydrogen-bond donors (Lipinski definition) is 0. The summed E-state index contributed by atoms with van der Waals surface area (Å²) >= 11 is 0. The fraction of sp³-hybridized carbons (Fsp3) is 0.419. The Morgan fingerprint density at radius 3 is 2.65 bits per heavy atom. The molecule has 3 aliphatic heterocycles. The number of fused-ring (bicyclic) bond motifs is 2. The van der Waals surface area contributed by atoms with Gasteiger partial charge in [0.15, 0.2) is 0 Å². The van der Waals surface area contributed by atoms with E-state index in [0.717, 1.165) is 81.6 Å². The first-order chi connectivity index (χ1) is 18.1. The largest absolute Gasteiger partial charge is 0.311 e. The van der Waals surface area contributed by atoms with E-state index in [1.807, 2.05) is 11.1 Å². The smallest absolute Gasteiger partial charge is 0.258 e. The van der Waals surface area contributed by atoms with Gasteiger partial charge in [0.2, 0.25) is 0 Å². The summed E-state index contributed by atoms with van der Waals surface area (Å²) in [6.45, 7) is 3.56. The Labute approximate surface area is 217 Å². The fourth-order valence-corrected chi connectivity index (χ4v) is 6.44. The lowest BCUT2D eigenvalue weighted by Crippen LogP contribution is -2.39. The zero-order valence-corrected chi connectivity index (χ0v) is 21.2. The number of likely N-dealkylation sites (tertiary alicyclic amines) is 1. The van der Waals surface area contributed by atoms with Crippen LogP contribution in [0.5, 0.6) is 0 Å². The van der Waals surface area contributed by atoms with Gasteiger partial charge in [-0.2, -0.15) is 0 Å². The van der Waals surface area contributed by atoms with Crippen molar-refractivity contribution in [3.8, 4) is 0 Å². The van der Waals surface area contributed by atoms with Crippen LogP contribution in [0.2, 0.25) is 0 Å². The summed E-state index contributed by atoms with van der Waals surface area (Å²) in [5, 5.41) is 0. The summed E-state index contributed by atoms with van der Waals surface area (Å²) < 4.78 is 27.3. The first kappa shape index (κ1) is 24.2. The van der Waals surface area contributed by atoms with Crippen LogP contribution in [0, 0.1) is 11.7 Å². The van der Waals surface area contributed by atoms with E-state index in [-0.39, 0.29) is 17.6 Å². The molecule has 0 spiro atoms. The molecule has 0 saturated carbocycles. The molecule has 0 atom stereocenters. The third-order valence-corrected chi connectivity index (χ3v) is 8.47. The van der Waals surface area contributed by atoms with Crippen LogP contribution >= 0.6 is 0 Å². The van der Waals surface area contributed by atoms with Crippen molar-refractivity contribution in [1.82, 2.24) is 9.80 Å². The minimum absolute atomic E-state index is 0.0307. The molecule has 0 N–H and O–H groups in total. The van der Waals surface area contributed by atoms with E-state index in [9.17, 15) is 13.6 Å². The van der Waals surface area contributed by atoms with E-state index in [2.05, 4.69) is 16.0 Å². The van der Waals surface area contributed by atoms with Crippen LogP contribution in [-0.4, -0.2) is 47.6 Å². The van der Waals surface area contributed by atoms with Crippen molar-refractivity contribution in [2.24, 2.45) is 10.9 Å². The number of halogens is 2. The molecular weight excluding hydrogens is 468 g/mol. The van der Waals surface area contributed by atoms with Gasteiger partial charge in [0.25, 0.3) is 5.91 Å². The highest BCUT2D eigenvalue weighted by atomic mass is 19.1. The fourth-order valence-electron chi connectivity index (χ4n) is 6.44. The van der Waals surface area contributed by atoms with Crippen LogP contribution in [0.15, 0.2) is 87.5 Å². The molecule has 0 aromatic heterocycles. The van der Waals surface area contributed by atoms with Crippen molar-refractivity contribution in [2.75, 3.05) is 26.2 Å². The van der Waals surface area contributed by atoms with Crippen molar-refractivity contribution in [1.29, 1.82) is 0 Å². The van der Waals surface area contributed by atoms with Crippen LogP contribution in [-0.2, 0) is 0 Å². The minimum Gasteiger partial charge on any atom is -0.311 e. The van der Waals surface area contributed by atoms with Gasteiger partial charge in [0.05, 0.1) is 5.71 Å². The van der Waals surface area contributed by atoms with Gasteiger partial charge in [-0.3, -0.25) is 9.79 Å². The van der Waals surface area contributed by atoms with E-state index in [4.69, 9.17) is 0 Å². The Bertz CT molecular complexity index is 1270. The van der Waals surface area contributed by atoms with Gasteiger partial charge in [-0.05, 0) is 111 Å². The van der Waals surface area contributed by atoms with Gasteiger partial charge in [0.1, 0.15) is 11.6 Å². The Balaban J connectivity index is 1.13. The van der Waals surface area contributed by atoms with Crippen LogP contribution in [0.25, 0.3) is 0 Å². The monoisotopic (exact) mass is 501 g/mol. The van der Waals surface area contributed by atoms with E-state index < -0.39 is 0 Å².